The quantitative estimate of drug-likeness (QED) is 0.322. The van der Waals surface area contributed by atoms with Gasteiger partial charge in [-0.05, 0) is 26.0 Å². The van der Waals surface area contributed by atoms with Crippen molar-refractivity contribution in [1.29, 1.82) is 0 Å². The fourth-order valence-electron chi connectivity index (χ4n) is 1.39. The molecule has 18 heavy (non-hydrogen) atoms. The third-order valence-electron chi connectivity index (χ3n) is 2.21. The maximum atomic E-state index is 12.0. The predicted octanol–water partition coefficient (Wildman–Crippen LogP) is 2.18. The van der Waals surface area contributed by atoms with E-state index < -0.39 is 11.2 Å². The van der Waals surface area contributed by atoms with Gasteiger partial charge in [0, 0.05) is 30.9 Å². The number of ketones is 1. The number of hydrogen-bond acceptors (Lipinski definition) is 5. The van der Waals surface area contributed by atoms with Crippen molar-refractivity contribution < 1.29 is 19.2 Å². The lowest BCUT2D eigenvalue weighted by molar-refractivity contribution is -0.384. The molecule has 0 N–H and O–H groups in total. The lowest BCUT2D eigenvalue weighted by atomic mass is 10.1. The Morgan fingerprint density at radius 3 is 2.11 bits per heavy atom. The molecule has 0 fully saturated rings. The van der Waals surface area contributed by atoms with Crippen LogP contribution in [0.1, 0.15) is 24.2 Å². The largest absolute Gasteiger partial charge is 0.346 e. The molecule has 1 rings (SSSR count). The molecule has 1 aromatic carbocycles. The van der Waals surface area contributed by atoms with Gasteiger partial charge in [-0.3, -0.25) is 14.9 Å². The number of benzene rings is 1. The molecule has 0 bridgehead atoms. The molecule has 0 amide bonds. The van der Waals surface area contributed by atoms with Crippen LogP contribution >= 0.6 is 0 Å². The summed E-state index contributed by atoms with van der Waals surface area (Å²) in [7, 11) is 0. The zero-order chi connectivity index (χ0) is 13.5. The first-order valence-electron chi connectivity index (χ1n) is 5.62. The molecule has 6 nitrogen and oxygen atoms in total. The summed E-state index contributed by atoms with van der Waals surface area (Å²) in [6, 6.07) is 5.35. The van der Waals surface area contributed by atoms with Crippen LogP contribution in [0.5, 0.6) is 0 Å². The summed E-state index contributed by atoms with van der Waals surface area (Å²) >= 11 is 0. The molecule has 0 aliphatic carbocycles. The monoisotopic (exact) mass is 253 g/mol. The summed E-state index contributed by atoms with van der Waals surface area (Å²) in [5.74, 6) is -0.339. The van der Waals surface area contributed by atoms with Gasteiger partial charge in [-0.25, -0.2) is 0 Å². The van der Waals surface area contributed by atoms with Crippen molar-refractivity contribution >= 4 is 11.5 Å². The van der Waals surface area contributed by atoms with E-state index in [1.54, 1.807) is 13.8 Å². The highest BCUT2D eigenvalue weighted by Gasteiger charge is 2.21. The van der Waals surface area contributed by atoms with Crippen molar-refractivity contribution in [2.45, 2.75) is 20.1 Å². The van der Waals surface area contributed by atoms with Gasteiger partial charge < -0.3 is 9.47 Å². The summed E-state index contributed by atoms with van der Waals surface area (Å²) in [5, 5.41) is 10.5. The van der Waals surface area contributed by atoms with Crippen molar-refractivity contribution in [3.8, 4) is 0 Å². The van der Waals surface area contributed by atoms with Crippen molar-refractivity contribution in [3.63, 3.8) is 0 Å². The number of nitrogens with zero attached hydrogens (tertiary/aromatic N) is 1. The predicted molar refractivity (Wildman–Crippen MR) is 64.5 cm³/mol. The fraction of sp³-hybridized carbons (Fsp3) is 0.417. The number of ether oxygens (including phenoxy) is 2. The minimum atomic E-state index is -0.957. The minimum absolute atomic E-state index is 0.0593. The zero-order valence-corrected chi connectivity index (χ0v) is 10.3. The van der Waals surface area contributed by atoms with E-state index in [9.17, 15) is 14.9 Å². The number of carbonyl (C=O) groups is 1. The van der Waals surface area contributed by atoms with Gasteiger partial charge in [-0.2, -0.15) is 0 Å². The van der Waals surface area contributed by atoms with E-state index in [4.69, 9.17) is 9.47 Å². The van der Waals surface area contributed by atoms with E-state index in [2.05, 4.69) is 0 Å². The Morgan fingerprint density at radius 1 is 1.22 bits per heavy atom. The standard InChI is InChI=1S/C12H15NO5/c1-3-17-12(18-4-2)11(14)9-5-7-10(8-6-9)13(15)16/h5-8,12H,3-4H2,1-2H3. The summed E-state index contributed by atoms with van der Waals surface area (Å²) in [6.07, 6.45) is -0.957. The highest BCUT2D eigenvalue weighted by Crippen LogP contribution is 2.14. The van der Waals surface area contributed by atoms with Gasteiger partial charge in [0.15, 0.2) is 0 Å². The molecule has 0 radical (unpaired) electrons. The van der Waals surface area contributed by atoms with E-state index in [-0.39, 0.29) is 11.5 Å². The third-order valence-corrected chi connectivity index (χ3v) is 2.21. The second kappa shape index (κ2) is 6.83. The van der Waals surface area contributed by atoms with Crippen LogP contribution in [-0.4, -0.2) is 30.2 Å². The van der Waals surface area contributed by atoms with Crippen molar-refractivity contribution in [3.05, 3.63) is 39.9 Å². The normalized spacial score (nSPS) is 10.6. The number of Topliss-reactive ketones (excluding diaryl/α,β-unsaturated/α-hetero) is 1. The van der Waals surface area contributed by atoms with Crippen LogP contribution < -0.4 is 0 Å². The second-order valence-corrected chi connectivity index (χ2v) is 3.41. The first kappa shape index (κ1) is 14.3. The van der Waals surface area contributed by atoms with Crippen LogP contribution in [0.2, 0.25) is 0 Å². The molecule has 0 aliphatic heterocycles. The highest BCUT2D eigenvalue weighted by atomic mass is 16.7. The molecule has 0 saturated heterocycles. The Morgan fingerprint density at radius 2 is 1.72 bits per heavy atom. The molecule has 98 valence electrons. The van der Waals surface area contributed by atoms with E-state index in [1.807, 2.05) is 0 Å². The number of rotatable bonds is 7. The van der Waals surface area contributed by atoms with Gasteiger partial charge in [-0.15, -0.1) is 0 Å². The van der Waals surface area contributed by atoms with Crippen LogP contribution in [0.4, 0.5) is 5.69 Å². The number of carbonyl (C=O) groups excluding carboxylic acids is 1. The topological polar surface area (TPSA) is 78.7 Å². The number of hydrogen-bond donors (Lipinski definition) is 0. The average molecular weight is 253 g/mol. The van der Waals surface area contributed by atoms with Gasteiger partial charge in [0.1, 0.15) is 0 Å². The Hall–Kier alpha value is -1.79. The number of nitro groups is 1. The Kier molecular flexibility index (Phi) is 5.41. The van der Waals surface area contributed by atoms with Gasteiger partial charge >= 0.3 is 0 Å². The van der Waals surface area contributed by atoms with Crippen LogP contribution in [0.25, 0.3) is 0 Å². The third kappa shape index (κ3) is 3.61. The lowest BCUT2D eigenvalue weighted by Crippen LogP contribution is -2.27. The van der Waals surface area contributed by atoms with Crippen molar-refractivity contribution in [1.82, 2.24) is 0 Å². The van der Waals surface area contributed by atoms with E-state index in [0.717, 1.165) is 0 Å². The van der Waals surface area contributed by atoms with Gasteiger partial charge in [-0.1, -0.05) is 0 Å². The molecule has 0 aromatic heterocycles. The maximum Gasteiger partial charge on any atom is 0.269 e. The Bertz CT molecular complexity index is 409. The van der Waals surface area contributed by atoms with Crippen LogP contribution in [0, 0.1) is 10.1 Å². The van der Waals surface area contributed by atoms with Crippen LogP contribution in [0.3, 0.4) is 0 Å². The fourth-order valence-corrected chi connectivity index (χ4v) is 1.39. The molecular weight excluding hydrogens is 238 g/mol. The van der Waals surface area contributed by atoms with Gasteiger partial charge in [0.2, 0.25) is 12.1 Å². The van der Waals surface area contributed by atoms with Crippen molar-refractivity contribution in [2.24, 2.45) is 0 Å². The minimum Gasteiger partial charge on any atom is -0.346 e. The van der Waals surface area contributed by atoms with E-state index >= 15 is 0 Å². The van der Waals surface area contributed by atoms with Gasteiger partial charge in [0.25, 0.3) is 5.69 Å². The highest BCUT2D eigenvalue weighted by molar-refractivity contribution is 5.98. The van der Waals surface area contributed by atoms with Crippen LogP contribution in [-0.2, 0) is 9.47 Å². The SMILES string of the molecule is CCOC(OCC)C(=O)c1ccc([N+](=O)[O-])cc1. The first-order valence-corrected chi connectivity index (χ1v) is 5.62. The number of nitro benzene ring substituents is 1. The molecule has 6 heteroatoms. The molecule has 0 atom stereocenters. The molecule has 0 unspecified atom stereocenters. The molecule has 0 heterocycles. The molecule has 1 aromatic rings. The Balaban J connectivity index is 2.84. The van der Waals surface area contributed by atoms with E-state index in [1.165, 1.54) is 24.3 Å². The second-order valence-electron chi connectivity index (χ2n) is 3.41. The molecule has 0 aliphatic rings. The summed E-state index contributed by atoms with van der Waals surface area (Å²) in [4.78, 5) is 22.0. The number of non-ortho nitro benzene ring substituents is 1. The maximum absolute atomic E-state index is 12.0. The van der Waals surface area contributed by atoms with Crippen LogP contribution in [0.15, 0.2) is 24.3 Å². The lowest BCUT2D eigenvalue weighted by Gasteiger charge is -2.15. The summed E-state index contributed by atoms with van der Waals surface area (Å²) in [6.45, 7) is 4.22. The molecule has 0 saturated carbocycles. The zero-order valence-electron chi connectivity index (χ0n) is 10.3. The molecular formula is C12H15NO5. The first-order chi connectivity index (χ1) is 8.60. The van der Waals surface area contributed by atoms with E-state index in [0.29, 0.717) is 18.8 Å². The Labute approximate surface area is 105 Å². The average Bonchev–Trinajstić information content (AvgIpc) is 2.38. The summed E-state index contributed by atoms with van der Waals surface area (Å²) in [5.41, 5.74) is 0.267. The smallest absolute Gasteiger partial charge is 0.269 e. The van der Waals surface area contributed by atoms with Crippen molar-refractivity contribution in [2.75, 3.05) is 13.2 Å². The summed E-state index contributed by atoms with van der Waals surface area (Å²) < 4.78 is 10.3. The molecule has 0 spiro atoms. The van der Waals surface area contributed by atoms with Gasteiger partial charge in [0.05, 0.1) is 4.92 Å².